The molecule has 3 heteroatoms. The molecule has 1 fully saturated rings. The average Bonchev–Trinajstić information content (AvgIpc) is 2.89. The largest absolute Gasteiger partial charge is 0.332 e. The minimum Gasteiger partial charge on any atom is -0.332 e. The van der Waals surface area contributed by atoms with Crippen LogP contribution in [0.2, 0.25) is 0 Å². The summed E-state index contributed by atoms with van der Waals surface area (Å²) in [5.41, 5.74) is 2.35. The van der Waals surface area contributed by atoms with Crippen LogP contribution in [0, 0.1) is 12.8 Å². The van der Waals surface area contributed by atoms with Crippen LogP contribution in [0.15, 0.2) is 24.5 Å². The van der Waals surface area contributed by atoms with Crippen molar-refractivity contribution in [2.75, 3.05) is 13.1 Å². The topological polar surface area (TPSA) is 29.9 Å². The molecule has 1 aliphatic heterocycles. The lowest BCUT2D eigenvalue weighted by Crippen LogP contribution is -2.14. The van der Waals surface area contributed by atoms with Gasteiger partial charge in [0.25, 0.3) is 0 Å². The molecule has 0 radical (unpaired) electrons. The first-order chi connectivity index (χ1) is 7.83. The lowest BCUT2D eigenvalue weighted by molar-refractivity contribution is 0.489. The summed E-state index contributed by atoms with van der Waals surface area (Å²) in [5, 5.41) is 4.66. The lowest BCUT2D eigenvalue weighted by Gasteiger charge is -2.10. The number of nitrogens with one attached hydrogen (secondary N) is 1. The predicted octanol–water partition coefficient (Wildman–Crippen LogP) is 1.95. The van der Waals surface area contributed by atoms with Gasteiger partial charge in [0, 0.05) is 24.3 Å². The van der Waals surface area contributed by atoms with Gasteiger partial charge in [-0.25, -0.2) is 4.98 Å². The second-order valence-corrected chi connectivity index (χ2v) is 4.75. The quantitative estimate of drug-likeness (QED) is 0.830. The van der Waals surface area contributed by atoms with Gasteiger partial charge in [0.1, 0.15) is 5.65 Å². The number of hydrogen-bond donors (Lipinski definition) is 1. The van der Waals surface area contributed by atoms with Crippen LogP contribution in [-0.4, -0.2) is 22.6 Å². The van der Waals surface area contributed by atoms with Crippen molar-refractivity contribution in [1.82, 2.24) is 14.9 Å². The van der Waals surface area contributed by atoms with Crippen LogP contribution in [0.1, 0.15) is 12.0 Å². The monoisotopic (exact) mass is 215 g/mol. The normalized spacial score (nSPS) is 20.7. The summed E-state index contributed by atoms with van der Waals surface area (Å²) in [6.45, 7) is 5.49. The van der Waals surface area contributed by atoms with E-state index < -0.39 is 0 Å². The number of fused-ring (bicyclic) bond motifs is 1. The summed E-state index contributed by atoms with van der Waals surface area (Å²) in [6.07, 6.45) is 5.40. The molecule has 0 aromatic carbocycles. The zero-order chi connectivity index (χ0) is 11.0. The van der Waals surface area contributed by atoms with Crippen molar-refractivity contribution in [2.45, 2.75) is 19.9 Å². The van der Waals surface area contributed by atoms with Crippen molar-refractivity contribution >= 4 is 11.0 Å². The third kappa shape index (κ3) is 1.71. The number of pyridine rings is 1. The molecule has 16 heavy (non-hydrogen) atoms. The molecule has 1 saturated heterocycles. The maximum atomic E-state index is 4.53. The van der Waals surface area contributed by atoms with E-state index in [-0.39, 0.29) is 0 Å². The van der Waals surface area contributed by atoms with Crippen molar-refractivity contribution < 1.29 is 0 Å². The molecule has 1 atom stereocenters. The van der Waals surface area contributed by atoms with Crippen LogP contribution in [0.3, 0.4) is 0 Å². The third-order valence-electron chi connectivity index (χ3n) is 3.36. The highest BCUT2D eigenvalue weighted by molar-refractivity contribution is 5.76. The van der Waals surface area contributed by atoms with E-state index in [1.54, 1.807) is 0 Å². The zero-order valence-corrected chi connectivity index (χ0v) is 9.61. The predicted molar refractivity (Wildman–Crippen MR) is 65.4 cm³/mol. The van der Waals surface area contributed by atoms with E-state index in [4.69, 9.17) is 0 Å². The number of aryl methyl sites for hydroxylation is 1. The molecule has 3 heterocycles. The summed E-state index contributed by atoms with van der Waals surface area (Å²) in [7, 11) is 0. The first kappa shape index (κ1) is 9.85. The number of nitrogens with zero attached hydrogens (tertiary/aromatic N) is 2. The minimum absolute atomic E-state index is 0.763. The van der Waals surface area contributed by atoms with E-state index in [1.165, 1.54) is 17.4 Å². The molecular formula is C13H17N3. The Kier molecular flexibility index (Phi) is 2.40. The molecule has 2 aromatic rings. The fraction of sp³-hybridized carbons (Fsp3) is 0.462. The molecule has 0 aliphatic carbocycles. The summed E-state index contributed by atoms with van der Waals surface area (Å²) in [6, 6.07) is 4.36. The van der Waals surface area contributed by atoms with Gasteiger partial charge in [0.2, 0.25) is 0 Å². The fourth-order valence-corrected chi connectivity index (χ4v) is 2.48. The van der Waals surface area contributed by atoms with E-state index in [0.29, 0.717) is 0 Å². The van der Waals surface area contributed by atoms with Gasteiger partial charge in [-0.1, -0.05) is 0 Å². The average molecular weight is 215 g/mol. The molecule has 1 unspecified atom stereocenters. The Bertz CT molecular complexity index is 495. The summed E-state index contributed by atoms with van der Waals surface area (Å²) in [4.78, 5) is 4.53. The lowest BCUT2D eigenvalue weighted by atomic mass is 10.1. The van der Waals surface area contributed by atoms with E-state index in [2.05, 4.69) is 40.1 Å². The second-order valence-electron chi connectivity index (χ2n) is 4.75. The van der Waals surface area contributed by atoms with Gasteiger partial charge >= 0.3 is 0 Å². The summed E-state index contributed by atoms with van der Waals surface area (Å²) >= 11 is 0. The van der Waals surface area contributed by atoms with Crippen molar-refractivity contribution in [3.05, 3.63) is 30.1 Å². The number of hydrogen-bond acceptors (Lipinski definition) is 2. The Morgan fingerprint density at radius 1 is 1.56 bits per heavy atom. The van der Waals surface area contributed by atoms with Crippen LogP contribution < -0.4 is 5.32 Å². The first-order valence-corrected chi connectivity index (χ1v) is 5.95. The fourth-order valence-electron chi connectivity index (χ4n) is 2.48. The summed E-state index contributed by atoms with van der Waals surface area (Å²) < 4.78 is 2.28. The Hall–Kier alpha value is -1.35. The standard InChI is InChI=1S/C13H17N3/c1-10-6-12-3-5-16(13(12)15-7-10)9-11-2-4-14-8-11/h3,5-7,11,14H,2,4,8-9H2,1H3. The van der Waals surface area contributed by atoms with Gasteiger partial charge in [0.15, 0.2) is 0 Å². The first-order valence-electron chi connectivity index (χ1n) is 5.95. The number of rotatable bonds is 2. The maximum Gasteiger partial charge on any atom is 0.139 e. The maximum absolute atomic E-state index is 4.53. The van der Waals surface area contributed by atoms with Gasteiger partial charge < -0.3 is 9.88 Å². The minimum atomic E-state index is 0.763. The van der Waals surface area contributed by atoms with Crippen molar-refractivity contribution in [3.8, 4) is 0 Å². The van der Waals surface area contributed by atoms with Crippen LogP contribution in [0.5, 0.6) is 0 Å². The van der Waals surface area contributed by atoms with Gasteiger partial charge in [-0.15, -0.1) is 0 Å². The van der Waals surface area contributed by atoms with E-state index in [1.807, 2.05) is 6.20 Å². The molecule has 3 nitrogen and oxygen atoms in total. The Morgan fingerprint density at radius 3 is 3.31 bits per heavy atom. The van der Waals surface area contributed by atoms with Gasteiger partial charge in [-0.3, -0.25) is 0 Å². The molecule has 84 valence electrons. The molecule has 0 saturated carbocycles. The van der Waals surface area contributed by atoms with Crippen molar-refractivity contribution in [3.63, 3.8) is 0 Å². The van der Waals surface area contributed by atoms with Gasteiger partial charge in [-0.05, 0) is 50.0 Å². The molecular weight excluding hydrogens is 198 g/mol. The van der Waals surface area contributed by atoms with Crippen LogP contribution in [-0.2, 0) is 6.54 Å². The molecule has 3 rings (SSSR count). The third-order valence-corrected chi connectivity index (χ3v) is 3.36. The second kappa shape index (κ2) is 3.91. The molecule has 1 aliphatic rings. The highest BCUT2D eigenvalue weighted by Gasteiger charge is 2.15. The summed E-state index contributed by atoms with van der Waals surface area (Å²) in [5.74, 6) is 0.763. The highest BCUT2D eigenvalue weighted by Crippen LogP contribution is 2.18. The van der Waals surface area contributed by atoms with Crippen LogP contribution in [0.25, 0.3) is 11.0 Å². The molecule has 2 aromatic heterocycles. The van der Waals surface area contributed by atoms with Crippen molar-refractivity contribution in [1.29, 1.82) is 0 Å². The number of aromatic nitrogens is 2. The van der Waals surface area contributed by atoms with E-state index in [9.17, 15) is 0 Å². The Balaban J connectivity index is 1.91. The molecule has 1 N–H and O–H groups in total. The van der Waals surface area contributed by atoms with Gasteiger partial charge in [-0.2, -0.15) is 0 Å². The van der Waals surface area contributed by atoms with Crippen molar-refractivity contribution in [2.24, 2.45) is 5.92 Å². The van der Waals surface area contributed by atoms with E-state index in [0.717, 1.165) is 31.2 Å². The zero-order valence-electron chi connectivity index (χ0n) is 9.61. The molecule has 0 spiro atoms. The molecule has 0 amide bonds. The SMILES string of the molecule is Cc1cnc2c(ccn2CC2CCNC2)c1. The molecule has 0 bridgehead atoms. The Morgan fingerprint density at radius 2 is 2.50 bits per heavy atom. The highest BCUT2D eigenvalue weighted by atomic mass is 15.0. The van der Waals surface area contributed by atoms with Crippen LogP contribution >= 0.6 is 0 Å². The van der Waals surface area contributed by atoms with Gasteiger partial charge in [0.05, 0.1) is 0 Å². The van der Waals surface area contributed by atoms with Crippen LogP contribution in [0.4, 0.5) is 0 Å². The smallest absolute Gasteiger partial charge is 0.139 e. The Labute approximate surface area is 95.5 Å². The van der Waals surface area contributed by atoms with E-state index >= 15 is 0 Å².